The predicted molar refractivity (Wildman–Crippen MR) is 108 cm³/mol. The third-order valence-corrected chi connectivity index (χ3v) is 5.09. The molecule has 1 aliphatic rings. The van der Waals surface area contributed by atoms with E-state index >= 15 is 0 Å². The number of pyridine rings is 1. The number of rotatable bonds is 6. The molecule has 0 radical (unpaired) electrons. The Morgan fingerprint density at radius 1 is 1.20 bits per heavy atom. The number of fused-ring (bicyclic) bond motifs is 1. The maximum absolute atomic E-state index is 13.2. The van der Waals surface area contributed by atoms with Gasteiger partial charge in [-0.15, -0.1) is 0 Å². The molecule has 9 heteroatoms. The molecule has 8 nitrogen and oxygen atoms in total. The number of carbonyl (C=O) groups excluding carboxylic acids is 1. The van der Waals surface area contributed by atoms with Crippen molar-refractivity contribution in [3.8, 4) is 0 Å². The highest BCUT2D eigenvalue weighted by atomic mass is 19.1. The summed E-state index contributed by atoms with van der Waals surface area (Å²) in [6.07, 6.45) is 3.29. The van der Waals surface area contributed by atoms with E-state index < -0.39 is 17.1 Å². The van der Waals surface area contributed by atoms with Crippen LogP contribution in [-0.4, -0.2) is 39.3 Å². The molecule has 0 bridgehead atoms. The molecule has 0 spiro atoms. The van der Waals surface area contributed by atoms with Crippen molar-refractivity contribution >= 4 is 16.9 Å². The largest absolute Gasteiger partial charge is 0.376 e. The van der Waals surface area contributed by atoms with Crippen molar-refractivity contribution in [2.45, 2.75) is 32.0 Å². The molecule has 30 heavy (non-hydrogen) atoms. The van der Waals surface area contributed by atoms with Crippen LogP contribution in [-0.2, 0) is 22.6 Å². The Morgan fingerprint density at radius 3 is 2.73 bits per heavy atom. The number of amides is 1. The second-order valence-electron chi connectivity index (χ2n) is 7.20. The summed E-state index contributed by atoms with van der Waals surface area (Å²) in [4.78, 5) is 42.5. The van der Waals surface area contributed by atoms with Crippen molar-refractivity contribution in [3.63, 3.8) is 0 Å². The average Bonchev–Trinajstić information content (AvgIpc) is 3.28. The summed E-state index contributed by atoms with van der Waals surface area (Å²) in [6.45, 7) is 0.753. The molecule has 1 N–H and O–H groups in total. The van der Waals surface area contributed by atoms with Crippen molar-refractivity contribution in [1.82, 2.24) is 19.4 Å². The normalized spacial score (nSPS) is 16.1. The lowest BCUT2D eigenvalue weighted by atomic mass is 10.2. The number of benzene rings is 1. The Labute approximate surface area is 170 Å². The zero-order chi connectivity index (χ0) is 21.1. The molecular weight excluding hydrogens is 391 g/mol. The van der Waals surface area contributed by atoms with Crippen LogP contribution in [0.15, 0.2) is 52.2 Å². The van der Waals surface area contributed by atoms with E-state index in [0.29, 0.717) is 18.7 Å². The Hall–Kier alpha value is -3.33. The monoisotopic (exact) mass is 412 g/mol. The quantitative estimate of drug-likeness (QED) is 0.653. The van der Waals surface area contributed by atoms with Crippen LogP contribution in [0.4, 0.5) is 4.39 Å². The number of nitrogens with zero attached hydrogens (tertiary/aromatic N) is 3. The minimum absolute atomic E-state index is 0.0171. The van der Waals surface area contributed by atoms with Gasteiger partial charge in [0.2, 0.25) is 5.91 Å². The molecule has 2 aromatic heterocycles. The Kier molecular flexibility index (Phi) is 5.71. The van der Waals surface area contributed by atoms with Crippen molar-refractivity contribution in [2.75, 3.05) is 13.2 Å². The SMILES string of the molecule is O=C(Cn1c(=O)n(Cc2ccc(F)cc2)c(=O)c2ncccc21)NC[C@H]1CCCO1. The van der Waals surface area contributed by atoms with Crippen LogP contribution in [0.3, 0.4) is 0 Å². The fourth-order valence-electron chi connectivity index (χ4n) is 3.54. The first-order valence-corrected chi connectivity index (χ1v) is 9.74. The first-order chi connectivity index (χ1) is 14.5. The Morgan fingerprint density at radius 2 is 2.00 bits per heavy atom. The Balaban J connectivity index is 1.67. The second-order valence-corrected chi connectivity index (χ2v) is 7.20. The average molecular weight is 412 g/mol. The molecule has 0 unspecified atom stereocenters. The molecule has 1 aliphatic heterocycles. The molecule has 0 saturated carbocycles. The molecule has 3 aromatic rings. The first kappa shape index (κ1) is 20.0. The highest BCUT2D eigenvalue weighted by Gasteiger charge is 2.19. The van der Waals surface area contributed by atoms with Gasteiger partial charge < -0.3 is 10.1 Å². The minimum atomic E-state index is -0.628. The number of carbonyl (C=O) groups is 1. The number of ether oxygens (including phenoxy) is 1. The van der Waals surface area contributed by atoms with E-state index in [1.165, 1.54) is 35.0 Å². The summed E-state index contributed by atoms with van der Waals surface area (Å²) in [7, 11) is 0. The van der Waals surface area contributed by atoms with Gasteiger partial charge in [0.05, 0.1) is 18.2 Å². The van der Waals surface area contributed by atoms with E-state index in [1.807, 2.05) is 0 Å². The van der Waals surface area contributed by atoms with Crippen LogP contribution >= 0.6 is 0 Å². The highest BCUT2D eigenvalue weighted by molar-refractivity contribution is 5.79. The predicted octanol–water partition coefficient (Wildman–Crippen LogP) is 1.04. The van der Waals surface area contributed by atoms with Crippen molar-refractivity contribution in [2.24, 2.45) is 0 Å². The summed E-state index contributed by atoms with van der Waals surface area (Å²) in [5, 5.41) is 2.78. The highest BCUT2D eigenvalue weighted by Crippen LogP contribution is 2.11. The van der Waals surface area contributed by atoms with E-state index in [9.17, 15) is 18.8 Å². The van der Waals surface area contributed by atoms with Crippen LogP contribution in [0.5, 0.6) is 0 Å². The zero-order valence-electron chi connectivity index (χ0n) is 16.2. The lowest BCUT2D eigenvalue weighted by Crippen LogP contribution is -2.43. The van der Waals surface area contributed by atoms with Gasteiger partial charge in [-0.25, -0.2) is 14.2 Å². The number of hydrogen-bond acceptors (Lipinski definition) is 5. The smallest absolute Gasteiger partial charge is 0.332 e. The Bertz CT molecular complexity index is 1180. The van der Waals surface area contributed by atoms with Crippen LogP contribution < -0.4 is 16.6 Å². The lowest BCUT2D eigenvalue weighted by Gasteiger charge is -2.15. The van der Waals surface area contributed by atoms with Crippen molar-refractivity contribution in [3.05, 3.63) is 74.8 Å². The third kappa shape index (κ3) is 4.16. The fraction of sp³-hybridized carbons (Fsp3) is 0.333. The summed E-state index contributed by atoms with van der Waals surface area (Å²) in [5.41, 5.74) is -0.227. The van der Waals surface area contributed by atoms with Crippen molar-refractivity contribution in [1.29, 1.82) is 0 Å². The second kappa shape index (κ2) is 8.58. The van der Waals surface area contributed by atoms with Crippen LogP contribution in [0, 0.1) is 5.82 Å². The van der Waals surface area contributed by atoms with Gasteiger partial charge in [-0.05, 0) is 42.7 Å². The van der Waals surface area contributed by atoms with Gasteiger partial charge in [-0.1, -0.05) is 12.1 Å². The molecule has 4 rings (SSSR count). The molecule has 0 aliphatic carbocycles. The van der Waals surface area contributed by atoms with Gasteiger partial charge in [0, 0.05) is 19.3 Å². The third-order valence-electron chi connectivity index (χ3n) is 5.09. The molecule has 1 amide bonds. The zero-order valence-corrected chi connectivity index (χ0v) is 16.2. The summed E-state index contributed by atoms with van der Waals surface area (Å²) in [6, 6.07) is 8.71. The minimum Gasteiger partial charge on any atom is -0.376 e. The van der Waals surface area contributed by atoms with Crippen molar-refractivity contribution < 1.29 is 13.9 Å². The van der Waals surface area contributed by atoms with Crippen LogP contribution in [0.25, 0.3) is 11.0 Å². The van der Waals surface area contributed by atoms with E-state index in [-0.39, 0.29) is 36.1 Å². The molecule has 156 valence electrons. The number of halogens is 1. The summed E-state index contributed by atoms with van der Waals surface area (Å²) < 4.78 is 20.9. The standard InChI is InChI=1S/C21H21FN4O4/c22-15-7-5-14(6-8-15)12-26-20(28)19-17(4-1-9-23-19)25(21(26)29)13-18(27)24-11-16-3-2-10-30-16/h1,4-9,16H,2-3,10-13H2,(H,24,27)/t16-/m1/s1. The molecule has 1 fully saturated rings. The van der Waals surface area contributed by atoms with E-state index in [0.717, 1.165) is 17.4 Å². The summed E-state index contributed by atoms with van der Waals surface area (Å²) in [5.74, 6) is -0.767. The number of nitrogens with one attached hydrogen (secondary N) is 1. The molecule has 1 atom stereocenters. The van der Waals surface area contributed by atoms with E-state index in [1.54, 1.807) is 12.1 Å². The molecule has 3 heterocycles. The van der Waals surface area contributed by atoms with Gasteiger partial charge >= 0.3 is 5.69 Å². The first-order valence-electron chi connectivity index (χ1n) is 9.74. The van der Waals surface area contributed by atoms with Crippen LogP contribution in [0.1, 0.15) is 18.4 Å². The number of aromatic nitrogens is 3. The van der Waals surface area contributed by atoms with Gasteiger partial charge in [-0.2, -0.15) is 0 Å². The van der Waals surface area contributed by atoms with Gasteiger partial charge in [0.25, 0.3) is 5.56 Å². The number of hydrogen-bond donors (Lipinski definition) is 1. The van der Waals surface area contributed by atoms with Crippen LogP contribution in [0.2, 0.25) is 0 Å². The maximum atomic E-state index is 13.2. The molecule has 1 aromatic carbocycles. The van der Waals surface area contributed by atoms with E-state index in [2.05, 4.69) is 10.3 Å². The lowest BCUT2D eigenvalue weighted by molar-refractivity contribution is -0.122. The fourth-order valence-corrected chi connectivity index (χ4v) is 3.54. The summed E-state index contributed by atoms with van der Waals surface area (Å²) >= 11 is 0. The topological polar surface area (TPSA) is 95.2 Å². The molecular formula is C21H21FN4O4. The van der Waals surface area contributed by atoms with Gasteiger partial charge in [0.15, 0.2) is 5.52 Å². The van der Waals surface area contributed by atoms with Gasteiger partial charge in [-0.3, -0.25) is 18.7 Å². The maximum Gasteiger partial charge on any atom is 0.332 e. The van der Waals surface area contributed by atoms with Gasteiger partial charge in [0.1, 0.15) is 12.4 Å². The molecule has 1 saturated heterocycles. The van der Waals surface area contributed by atoms with E-state index in [4.69, 9.17) is 4.74 Å².